The number of nitrogens with two attached hydrogens (primary N) is 1. The van der Waals surface area contributed by atoms with E-state index in [1.54, 1.807) is 12.1 Å². The molecule has 31 heavy (non-hydrogen) atoms. The lowest BCUT2D eigenvalue weighted by Gasteiger charge is -2.16. The van der Waals surface area contributed by atoms with Gasteiger partial charge in [-0.3, -0.25) is 9.59 Å². The number of hydrogen-bond acceptors (Lipinski definition) is 7. The number of benzene rings is 1. The van der Waals surface area contributed by atoms with Crippen molar-refractivity contribution in [2.24, 2.45) is 5.73 Å². The zero-order valence-electron chi connectivity index (χ0n) is 17.3. The van der Waals surface area contributed by atoms with E-state index in [0.29, 0.717) is 69.2 Å². The van der Waals surface area contributed by atoms with Crippen LogP contribution in [-0.2, 0) is 11.2 Å². The molecule has 9 nitrogen and oxygen atoms in total. The van der Waals surface area contributed by atoms with Gasteiger partial charge in [-0.05, 0) is 43.4 Å². The first-order valence-electron chi connectivity index (χ1n) is 10.4. The molecule has 6 N–H and O–H groups in total. The highest BCUT2D eigenvalue weighted by atomic mass is 19.1. The van der Waals surface area contributed by atoms with Crippen molar-refractivity contribution in [1.82, 2.24) is 20.6 Å². The molecule has 2 heterocycles. The second-order valence-corrected chi connectivity index (χ2v) is 7.34. The maximum absolute atomic E-state index is 13.0. The fraction of sp³-hybridized carbons (Fsp3) is 0.429. The Kier molecular flexibility index (Phi) is 8.11. The van der Waals surface area contributed by atoms with Crippen molar-refractivity contribution in [3.8, 4) is 0 Å². The highest BCUT2D eigenvalue weighted by Gasteiger charge is 2.16. The lowest BCUT2D eigenvalue weighted by Crippen LogP contribution is -2.41. The first-order valence-corrected chi connectivity index (χ1v) is 10.4. The topological polar surface area (TPSA) is 134 Å². The number of nitrogens with zero attached hydrogens (tertiary/aromatic N) is 2. The molecule has 3 rings (SSSR count). The molecule has 0 saturated heterocycles. The van der Waals surface area contributed by atoms with E-state index in [9.17, 15) is 14.0 Å². The van der Waals surface area contributed by atoms with Crippen LogP contribution in [-0.4, -0.2) is 54.0 Å². The SMILES string of the molecule is N[C@H]1CCCNc2nc(ncc2C(=O)NCCc2ccc(F)cc2)NCCCNC1=O. The highest BCUT2D eigenvalue weighted by Crippen LogP contribution is 2.15. The molecule has 1 aromatic carbocycles. The quantitative estimate of drug-likeness (QED) is 0.490. The van der Waals surface area contributed by atoms with E-state index in [4.69, 9.17) is 5.73 Å². The van der Waals surface area contributed by atoms with Gasteiger partial charge in [-0.1, -0.05) is 12.1 Å². The molecule has 0 fully saturated rings. The Balaban J connectivity index is 1.63. The summed E-state index contributed by atoms with van der Waals surface area (Å²) in [4.78, 5) is 33.3. The van der Waals surface area contributed by atoms with Crippen molar-refractivity contribution in [1.29, 1.82) is 0 Å². The van der Waals surface area contributed by atoms with Crippen LogP contribution in [0.25, 0.3) is 0 Å². The zero-order chi connectivity index (χ0) is 22.1. The number of rotatable bonds is 4. The molecular weight excluding hydrogens is 401 g/mol. The van der Waals surface area contributed by atoms with Crippen LogP contribution in [0.2, 0.25) is 0 Å². The second kappa shape index (κ2) is 11.2. The standard InChI is InChI=1S/C21H28FN7O2/c22-15-6-4-14(5-7-15)8-12-26-19(30)16-13-28-21-27-11-2-10-25-20(31)17(23)3-1-9-24-18(16)29-21/h4-7,13,17H,1-3,8-12,23H2,(H,25,31)(H,26,30)(H2,24,27,28,29)/t17-/m0/s1. The molecule has 2 amide bonds. The Morgan fingerprint density at radius 1 is 1.13 bits per heavy atom. The fourth-order valence-corrected chi connectivity index (χ4v) is 3.13. The minimum Gasteiger partial charge on any atom is -0.369 e. The average molecular weight is 430 g/mol. The van der Waals surface area contributed by atoms with Crippen LogP contribution in [0.1, 0.15) is 35.2 Å². The third-order valence-electron chi connectivity index (χ3n) is 4.90. The predicted molar refractivity (Wildman–Crippen MR) is 116 cm³/mol. The summed E-state index contributed by atoms with van der Waals surface area (Å²) in [5.74, 6) is 0.0839. The third-order valence-corrected chi connectivity index (χ3v) is 4.90. The lowest BCUT2D eigenvalue weighted by atomic mass is 10.1. The summed E-state index contributed by atoms with van der Waals surface area (Å²) in [7, 11) is 0. The summed E-state index contributed by atoms with van der Waals surface area (Å²) in [6.07, 6.45) is 3.93. The third kappa shape index (κ3) is 6.88. The Morgan fingerprint density at radius 3 is 2.68 bits per heavy atom. The second-order valence-electron chi connectivity index (χ2n) is 7.34. The summed E-state index contributed by atoms with van der Waals surface area (Å²) in [6.45, 7) is 1.98. The first-order chi connectivity index (χ1) is 15.0. The molecule has 0 spiro atoms. The Hall–Kier alpha value is -3.27. The van der Waals surface area contributed by atoms with Crippen LogP contribution >= 0.6 is 0 Å². The molecule has 1 aliphatic rings. The van der Waals surface area contributed by atoms with Crippen LogP contribution in [0.15, 0.2) is 30.5 Å². The number of halogens is 1. The smallest absolute Gasteiger partial charge is 0.256 e. The summed E-state index contributed by atoms with van der Waals surface area (Å²) in [5, 5.41) is 11.9. The first kappa shape index (κ1) is 22.4. The number of carbonyl (C=O) groups is 2. The van der Waals surface area contributed by atoms with Gasteiger partial charge in [0.05, 0.1) is 6.04 Å². The molecule has 0 saturated carbocycles. The number of nitrogens with one attached hydrogen (secondary N) is 4. The monoisotopic (exact) mass is 429 g/mol. The summed E-state index contributed by atoms with van der Waals surface area (Å²) < 4.78 is 13.0. The molecular formula is C21H28FN7O2. The van der Waals surface area contributed by atoms with E-state index in [1.165, 1.54) is 18.3 Å². The molecule has 1 aromatic heterocycles. The Bertz CT molecular complexity index is 892. The maximum atomic E-state index is 13.0. The van der Waals surface area contributed by atoms with Crippen molar-refractivity contribution in [3.63, 3.8) is 0 Å². The molecule has 166 valence electrons. The van der Waals surface area contributed by atoms with Gasteiger partial charge in [0.1, 0.15) is 17.2 Å². The van der Waals surface area contributed by atoms with E-state index in [2.05, 4.69) is 31.2 Å². The van der Waals surface area contributed by atoms with Crippen LogP contribution in [0, 0.1) is 5.82 Å². The summed E-state index contributed by atoms with van der Waals surface area (Å²) in [6, 6.07) is 5.61. The predicted octanol–water partition coefficient (Wildman–Crippen LogP) is 1.04. The Labute approximate surface area is 180 Å². The summed E-state index contributed by atoms with van der Waals surface area (Å²) >= 11 is 0. The van der Waals surface area contributed by atoms with Crippen LogP contribution in [0.3, 0.4) is 0 Å². The number of fused-ring (bicyclic) bond motifs is 2. The number of aromatic nitrogens is 2. The van der Waals surface area contributed by atoms with Gasteiger partial charge in [-0.2, -0.15) is 4.98 Å². The minimum atomic E-state index is -0.562. The van der Waals surface area contributed by atoms with Crippen LogP contribution in [0.5, 0.6) is 0 Å². The van der Waals surface area contributed by atoms with E-state index >= 15 is 0 Å². The van der Waals surface area contributed by atoms with Crippen LogP contribution < -0.4 is 27.0 Å². The zero-order valence-corrected chi connectivity index (χ0v) is 17.3. The van der Waals surface area contributed by atoms with Crippen LogP contribution in [0.4, 0.5) is 16.2 Å². The average Bonchev–Trinajstić information content (AvgIpc) is 2.77. The van der Waals surface area contributed by atoms with Gasteiger partial charge < -0.3 is 27.0 Å². The van der Waals surface area contributed by atoms with Gasteiger partial charge >= 0.3 is 0 Å². The Morgan fingerprint density at radius 2 is 1.87 bits per heavy atom. The fourth-order valence-electron chi connectivity index (χ4n) is 3.13. The van der Waals surface area contributed by atoms with Crippen molar-refractivity contribution in [3.05, 3.63) is 47.4 Å². The maximum Gasteiger partial charge on any atom is 0.256 e. The van der Waals surface area contributed by atoms with Gasteiger partial charge in [0.25, 0.3) is 5.91 Å². The van der Waals surface area contributed by atoms with Crippen molar-refractivity contribution in [2.75, 3.05) is 36.8 Å². The number of amides is 2. The highest BCUT2D eigenvalue weighted by molar-refractivity contribution is 5.98. The van der Waals surface area contributed by atoms with E-state index in [1.807, 2.05) is 0 Å². The van der Waals surface area contributed by atoms with Gasteiger partial charge in [0.2, 0.25) is 11.9 Å². The van der Waals surface area contributed by atoms with E-state index in [0.717, 1.165) is 5.56 Å². The van der Waals surface area contributed by atoms with Crippen molar-refractivity contribution >= 4 is 23.6 Å². The summed E-state index contributed by atoms with van der Waals surface area (Å²) in [5.41, 5.74) is 7.17. The molecule has 1 aliphatic heterocycles. The number of carbonyl (C=O) groups excluding carboxylic acids is 2. The molecule has 2 aromatic rings. The molecule has 1 atom stereocenters. The number of anilines is 2. The van der Waals surface area contributed by atoms with E-state index in [-0.39, 0.29) is 17.6 Å². The number of hydrogen-bond donors (Lipinski definition) is 5. The molecule has 10 heteroatoms. The lowest BCUT2D eigenvalue weighted by molar-refractivity contribution is -0.122. The van der Waals surface area contributed by atoms with Crippen molar-refractivity contribution in [2.45, 2.75) is 31.7 Å². The van der Waals surface area contributed by atoms with E-state index < -0.39 is 6.04 Å². The van der Waals surface area contributed by atoms with Gasteiger partial charge in [-0.25, -0.2) is 9.37 Å². The van der Waals surface area contributed by atoms with Crippen molar-refractivity contribution < 1.29 is 14.0 Å². The molecule has 0 radical (unpaired) electrons. The molecule has 0 aliphatic carbocycles. The van der Waals surface area contributed by atoms with Gasteiger partial charge in [0.15, 0.2) is 0 Å². The minimum absolute atomic E-state index is 0.159. The molecule has 2 bridgehead atoms. The van der Waals surface area contributed by atoms with Gasteiger partial charge in [0, 0.05) is 32.4 Å². The molecule has 0 unspecified atom stereocenters. The normalized spacial score (nSPS) is 17.5. The largest absolute Gasteiger partial charge is 0.369 e. The van der Waals surface area contributed by atoms with Gasteiger partial charge in [-0.15, -0.1) is 0 Å².